The molecule has 1 aliphatic heterocycles. The zero-order valence-electron chi connectivity index (χ0n) is 10.9. The van der Waals surface area contributed by atoms with Crippen molar-refractivity contribution in [1.82, 2.24) is 0 Å². The maximum Gasteiger partial charge on any atom is 0.336 e. The van der Waals surface area contributed by atoms with Gasteiger partial charge in [-0.25, -0.2) is 4.79 Å². The highest BCUT2D eigenvalue weighted by molar-refractivity contribution is 6.17. The third-order valence-corrected chi connectivity index (χ3v) is 3.30. The van der Waals surface area contributed by atoms with Crippen LogP contribution in [0.4, 0.5) is 0 Å². The van der Waals surface area contributed by atoms with Crippen molar-refractivity contribution in [3.05, 3.63) is 59.7 Å². The standard InChI is InChI=1S/C16H12O5/c17-12-6-10-11(16(19)20)7-14(9-4-2-1-3-5-9)21-15(10)8-13(12)18/h1-8,14,17-18H,(H,19,20). The Kier molecular flexibility index (Phi) is 3.02. The van der Waals surface area contributed by atoms with Crippen molar-refractivity contribution in [3.8, 4) is 17.2 Å². The fraction of sp³-hybridized carbons (Fsp3) is 0.0625. The van der Waals surface area contributed by atoms with Gasteiger partial charge in [-0.2, -0.15) is 0 Å². The molecule has 0 saturated heterocycles. The van der Waals surface area contributed by atoms with Crippen molar-refractivity contribution < 1.29 is 24.9 Å². The van der Waals surface area contributed by atoms with Gasteiger partial charge in [-0.05, 0) is 17.7 Å². The summed E-state index contributed by atoms with van der Waals surface area (Å²) >= 11 is 0. The molecule has 1 aliphatic rings. The molecule has 5 heteroatoms. The lowest BCUT2D eigenvalue weighted by atomic mass is 9.96. The average Bonchev–Trinajstić information content (AvgIpc) is 2.48. The second-order valence-electron chi connectivity index (χ2n) is 4.67. The molecule has 21 heavy (non-hydrogen) atoms. The largest absolute Gasteiger partial charge is 0.504 e. The number of rotatable bonds is 2. The first-order valence-electron chi connectivity index (χ1n) is 6.29. The number of hydrogen-bond donors (Lipinski definition) is 3. The molecule has 1 heterocycles. The van der Waals surface area contributed by atoms with Gasteiger partial charge in [0, 0.05) is 11.6 Å². The molecule has 2 aromatic carbocycles. The van der Waals surface area contributed by atoms with Crippen LogP contribution < -0.4 is 4.74 Å². The first-order valence-corrected chi connectivity index (χ1v) is 6.29. The lowest BCUT2D eigenvalue weighted by Crippen LogP contribution is -2.15. The number of carboxylic acids is 1. The van der Waals surface area contributed by atoms with E-state index in [2.05, 4.69) is 0 Å². The quantitative estimate of drug-likeness (QED) is 0.738. The van der Waals surface area contributed by atoms with Gasteiger partial charge in [0.1, 0.15) is 11.9 Å². The minimum atomic E-state index is -1.12. The van der Waals surface area contributed by atoms with Crippen LogP contribution in [0.15, 0.2) is 48.5 Å². The Hall–Kier alpha value is -2.95. The lowest BCUT2D eigenvalue weighted by molar-refractivity contribution is -0.130. The van der Waals surface area contributed by atoms with E-state index in [1.807, 2.05) is 30.3 Å². The Labute approximate surface area is 120 Å². The number of phenolic OH excluding ortho intramolecular Hbond substituents is 2. The number of hydrogen-bond acceptors (Lipinski definition) is 4. The molecule has 3 rings (SSSR count). The van der Waals surface area contributed by atoms with Crippen LogP contribution >= 0.6 is 0 Å². The number of benzene rings is 2. The van der Waals surface area contributed by atoms with Gasteiger partial charge < -0.3 is 20.1 Å². The van der Waals surface area contributed by atoms with Crippen molar-refractivity contribution in [3.63, 3.8) is 0 Å². The van der Waals surface area contributed by atoms with E-state index in [4.69, 9.17) is 4.74 Å². The number of aromatic hydroxyl groups is 2. The Morgan fingerprint density at radius 3 is 2.38 bits per heavy atom. The number of carboxylic acid groups (broad SMARTS) is 1. The zero-order valence-corrected chi connectivity index (χ0v) is 10.9. The van der Waals surface area contributed by atoms with Crippen LogP contribution in [-0.4, -0.2) is 21.3 Å². The number of ether oxygens (including phenoxy) is 1. The number of phenols is 2. The fourth-order valence-electron chi connectivity index (χ4n) is 2.27. The molecule has 1 atom stereocenters. The lowest BCUT2D eigenvalue weighted by Gasteiger charge is -2.24. The van der Waals surface area contributed by atoms with Gasteiger partial charge in [0.15, 0.2) is 11.5 Å². The molecule has 3 N–H and O–H groups in total. The number of fused-ring (bicyclic) bond motifs is 1. The predicted molar refractivity (Wildman–Crippen MR) is 75.2 cm³/mol. The van der Waals surface area contributed by atoms with Crippen LogP contribution in [0, 0.1) is 0 Å². The summed E-state index contributed by atoms with van der Waals surface area (Å²) in [4.78, 5) is 11.4. The molecule has 5 nitrogen and oxygen atoms in total. The topological polar surface area (TPSA) is 87.0 Å². The van der Waals surface area contributed by atoms with E-state index in [1.165, 1.54) is 18.2 Å². The third-order valence-electron chi connectivity index (χ3n) is 3.30. The Balaban J connectivity index is 2.13. The molecule has 1 unspecified atom stereocenters. The molecule has 0 radical (unpaired) electrons. The van der Waals surface area contributed by atoms with Gasteiger partial charge in [0.25, 0.3) is 0 Å². The second-order valence-corrected chi connectivity index (χ2v) is 4.67. The summed E-state index contributed by atoms with van der Waals surface area (Å²) in [6.07, 6.45) is 0.921. The van der Waals surface area contributed by atoms with Gasteiger partial charge in [-0.3, -0.25) is 0 Å². The SMILES string of the molecule is O=C(O)C1=CC(c2ccccc2)Oc2cc(O)c(O)cc21. The fourth-order valence-corrected chi connectivity index (χ4v) is 2.27. The summed E-state index contributed by atoms with van der Waals surface area (Å²) < 4.78 is 5.72. The molecule has 0 aliphatic carbocycles. The molecule has 0 spiro atoms. The highest BCUT2D eigenvalue weighted by Crippen LogP contribution is 2.42. The van der Waals surface area contributed by atoms with Crippen molar-refractivity contribution in [1.29, 1.82) is 0 Å². The summed E-state index contributed by atoms with van der Waals surface area (Å²) in [6.45, 7) is 0. The Bertz CT molecular complexity index is 734. The van der Waals surface area contributed by atoms with Gasteiger partial charge in [0.05, 0.1) is 5.57 Å². The number of carbonyl (C=O) groups is 1. The summed E-state index contributed by atoms with van der Waals surface area (Å²) in [5, 5.41) is 28.4. The van der Waals surface area contributed by atoms with Gasteiger partial charge in [0.2, 0.25) is 0 Å². The zero-order chi connectivity index (χ0) is 15.0. The van der Waals surface area contributed by atoms with E-state index in [0.717, 1.165) is 5.56 Å². The van der Waals surface area contributed by atoms with Crippen LogP contribution in [0.25, 0.3) is 5.57 Å². The van der Waals surface area contributed by atoms with E-state index < -0.39 is 12.1 Å². The normalized spacial score (nSPS) is 16.6. The summed E-state index contributed by atoms with van der Waals surface area (Å²) in [7, 11) is 0. The average molecular weight is 284 g/mol. The van der Waals surface area contributed by atoms with Gasteiger partial charge in [-0.15, -0.1) is 0 Å². The number of aliphatic carboxylic acids is 1. The molecular formula is C16H12O5. The molecule has 0 saturated carbocycles. The second kappa shape index (κ2) is 4.86. The van der Waals surface area contributed by atoms with E-state index >= 15 is 0 Å². The summed E-state index contributed by atoms with van der Waals surface area (Å²) in [5.74, 6) is -1.64. The molecule has 0 aromatic heterocycles. The highest BCUT2D eigenvalue weighted by atomic mass is 16.5. The van der Waals surface area contributed by atoms with Gasteiger partial charge in [-0.1, -0.05) is 30.3 Å². The van der Waals surface area contributed by atoms with Crippen molar-refractivity contribution >= 4 is 11.5 Å². The first-order chi connectivity index (χ1) is 10.1. The van der Waals surface area contributed by atoms with E-state index in [1.54, 1.807) is 0 Å². The summed E-state index contributed by atoms with van der Waals surface area (Å²) in [6, 6.07) is 11.6. The molecule has 2 aromatic rings. The molecule has 0 amide bonds. The van der Waals surface area contributed by atoms with Gasteiger partial charge >= 0.3 is 5.97 Å². The minimum absolute atomic E-state index is 0.0282. The third kappa shape index (κ3) is 2.29. The van der Waals surface area contributed by atoms with Crippen LogP contribution in [0.3, 0.4) is 0 Å². The van der Waals surface area contributed by atoms with Crippen LogP contribution in [-0.2, 0) is 4.79 Å². The first kappa shape index (κ1) is 13.1. The maximum absolute atomic E-state index is 11.4. The molecule has 0 fully saturated rings. The molecule has 0 bridgehead atoms. The molecule has 106 valence electrons. The minimum Gasteiger partial charge on any atom is -0.504 e. The monoisotopic (exact) mass is 284 g/mol. The summed E-state index contributed by atoms with van der Waals surface area (Å²) in [5.41, 5.74) is 1.07. The molecular weight excluding hydrogens is 272 g/mol. The van der Waals surface area contributed by atoms with Crippen molar-refractivity contribution in [2.45, 2.75) is 6.10 Å². The van der Waals surface area contributed by atoms with E-state index in [0.29, 0.717) is 0 Å². The Morgan fingerprint density at radius 1 is 1.05 bits per heavy atom. The van der Waals surface area contributed by atoms with Crippen molar-refractivity contribution in [2.24, 2.45) is 0 Å². The smallest absolute Gasteiger partial charge is 0.336 e. The van der Waals surface area contributed by atoms with E-state index in [9.17, 15) is 20.1 Å². The van der Waals surface area contributed by atoms with Crippen molar-refractivity contribution in [2.75, 3.05) is 0 Å². The highest BCUT2D eigenvalue weighted by Gasteiger charge is 2.27. The van der Waals surface area contributed by atoms with Crippen LogP contribution in [0.2, 0.25) is 0 Å². The van der Waals surface area contributed by atoms with Crippen LogP contribution in [0.5, 0.6) is 17.2 Å². The Morgan fingerprint density at radius 2 is 1.71 bits per heavy atom. The maximum atomic E-state index is 11.4. The van der Waals surface area contributed by atoms with E-state index in [-0.39, 0.29) is 28.4 Å². The van der Waals surface area contributed by atoms with Crippen LogP contribution in [0.1, 0.15) is 17.2 Å². The predicted octanol–water partition coefficient (Wildman–Crippen LogP) is 2.70.